The molecule has 0 bridgehead atoms. The second kappa shape index (κ2) is 5.62. The second-order valence-electron chi connectivity index (χ2n) is 3.86. The molecule has 2 atom stereocenters. The summed E-state index contributed by atoms with van der Waals surface area (Å²) >= 11 is 0. The second-order valence-corrected chi connectivity index (χ2v) is 3.86. The number of rotatable bonds is 5. The van der Waals surface area contributed by atoms with Crippen LogP contribution in [0.1, 0.15) is 34.1 Å². The van der Waals surface area contributed by atoms with Gasteiger partial charge in [-0.05, 0) is 5.92 Å². The standard InChI is InChI=1S/C10H19NO3/c1-5-7(4)8(10(13)14)11-9(12)6(2)3/h6-8H,5H2,1-4H3,(H,11,12)(H,13,14)/t7-,8+/m0/s1. The average molecular weight is 201 g/mol. The van der Waals surface area contributed by atoms with Crippen LogP contribution < -0.4 is 5.32 Å². The molecule has 0 saturated carbocycles. The molecule has 0 saturated heterocycles. The van der Waals surface area contributed by atoms with E-state index in [1.54, 1.807) is 13.8 Å². The quantitative estimate of drug-likeness (QED) is 0.703. The highest BCUT2D eigenvalue weighted by molar-refractivity contribution is 5.84. The molecule has 4 nitrogen and oxygen atoms in total. The Balaban J connectivity index is 4.38. The largest absolute Gasteiger partial charge is 0.480 e. The van der Waals surface area contributed by atoms with Gasteiger partial charge in [-0.15, -0.1) is 0 Å². The van der Waals surface area contributed by atoms with E-state index >= 15 is 0 Å². The first-order valence-corrected chi connectivity index (χ1v) is 4.93. The molecular weight excluding hydrogens is 182 g/mol. The van der Waals surface area contributed by atoms with Crippen LogP contribution in [-0.4, -0.2) is 23.0 Å². The van der Waals surface area contributed by atoms with Crippen molar-refractivity contribution in [1.82, 2.24) is 5.32 Å². The Morgan fingerprint density at radius 2 is 1.79 bits per heavy atom. The van der Waals surface area contributed by atoms with E-state index < -0.39 is 12.0 Å². The normalized spacial score (nSPS) is 14.9. The first kappa shape index (κ1) is 12.9. The summed E-state index contributed by atoms with van der Waals surface area (Å²) in [6.07, 6.45) is 0.731. The first-order valence-electron chi connectivity index (χ1n) is 4.93. The summed E-state index contributed by atoms with van der Waals surface area (Å²) in [5.74, 6) is -1.40. The van der Waals surface area contributed by atoms with Crippen molar-refractivity contribution < 1.29 is 14.7 Å². The van der Waals surface area contributed by atoms with Crippen LogP contribution in [0.3, 0.4) is 0 Å². The van der Waals surface area contributed by atoms with Crippen molar-refractivity contribution in [3.63, 3.8) is 0 Å². The third-order valence-electron chi connectivity index (χ3n) is 2.30. The third kappa shape index (κ3) is 3.77. The molecule has 0 aliphatic rings. The molecule has 0 aromatic rings. The molecule has 4 heteroatoms. The van der Waals surface area contributed by atoms with Crippen LogP contribution >= 0.6 is 0 Å². The number of carboxylic acids is 1. The van der Waals surface area contributed by atoms with Gasteiger partial charge in [-0.25, -0.2) is 4.79 Å². The van der Waals surface area contributed by atoms with Gasteiger partial charge in [0.1, 0.15) is 6.04 Å². The predicted molar refractivity (Wildman–Crippen MR) is 53.9 cm³/mol. The Kier molecular flexibility index (Phi) is 5.20. The maximum absolute atomic E-state index is 11.3. The molecule has 0 aromatic heterocycles. The fraction of sp³-hybridized carbons (Fsp3) is 0.800. The third-order valence-corrected chi connectivity index (χ3v) is 2.30. The molecule has 14 heavy (non-hydrogen) atoms. The maximum atomic E-state index is 11.3. The van der Waals surface area contributed by atoms with E-state index in [1.807, 2.05) is 13.8 Å². The SMILES string of the molecule is CC[C@H](C)[C@@H](NC(=O)C(C)C)C(=O)O. The molecule has 2 N–H and O–H groups in total. The van der Waals surface area contributed by atoms with E-state index in [4.69, 9.17) is 5.11 Å². The van der Waals surface area contributed by atoms with Gasteiger partial charge in [-0.3, -0.25) is 4.79 Å². The molecule has 0 radical (unpaired) electrons. The van der Waals surface area contributed by atoms with Crippen molar-refractivity contribution >= 4 is 11.9 Å². The Morgan fingerprint density at radius 1 is 1.29 bits per heavy atom. The topological polar surface area (TPSA) is 66.4 Å². The molecule has 1 amide bonds. The van der Waals surface area contributed by atoms with E-state index in [0.717, 1.165) is 6.42 Å². The van der Waals surface area contributed by atoms with E-state index in [0.29, 0.717) is 0 Å². The van der Waals surface area contributed by atoms with Crippen LogP contribution in [0.5, 0.6) is 0 Å². The van der Waals surface area contributed by atoms with Crippen LogP contribution in [0, 0.1) is 11.8 Å². The Morgan fingerprint density at radius 3 is 2.07 bits per heavy atom. The highest BCUT2D eigenvalue weighted by Gasteiger charge is 2.25. The Hall–Kier alpha value is -1.06. The van der Waals surface area contributed by atoms with Gasteiger partial charge in [-0.2, -0.15) is 0 Å². The minimum absolute atomic E-state index is 0.0461. The first-order chi connectivity index (χ1) is 6.40. The molecule has 0 heterocycles. The minimum atomic E-state index is -0.964. The Labute approximate surface area is 84.7 Å². The zero-order valence-electron chi connectivity index (χ0n) is 9.20. The molecule has 0 aliphatic carbocycles. The van der Waals surface area contributed by atoms with Crippen LogP contribution in [0.2, 0.25) is 0 Å². The molecule has 0 spiro atoms. The van der Waals surface area contributed by atoms with Crippen molar-refractivity contribution in [3.05, 3.63) is 0 Å². The zero-order chi connectivity index (χ0) is 11.3. The Bertz CT molecular complexity index is 213. The summed E-state index contributed by atoms with van der Waals surface area (Å²) < 4.78 is 0. The lowest BCUT2D eigenvalue weighted by Crippen LogP contribution is -2.46. The summed E-state index contributed by atoms with van der Waals surface area (Å²) in [5.41, 5.74) is 0. The average Bonchev–Trinajstić information content (AvgIpc) is 2.11. The molecule has 0 rings (SSSR count). The van der Waals surface area contributed by atoms with Crippen molar-refractivity contribution in [2.45, 2.75) is 40.2 Å². The summed E-state index contributed by atoms with van der Waals surface area (Å²) in [7, 11) is 0. The fourth-order valence-corrected chi connectivity index (χ4v) is 1.00. The molecular formula is C10H19NO3. The minimum Gasteiger partial charge on any atom is -0.480 e. The van der Waals surface area contributed by atoms with Crippen LogP contribution in [-0.2, 0) is 9.59 Å². The van der Waals surface area contributed by atoms with E-state index in [2.05, 4.69) is 5.32 Å². The lowest BCUT2D eigenvalue weighted by Gasteiger charge is -2.21. The lowest BCUT2D eigenvalue weighted by molar-refractivity contribution is -0.143. The van der Waals surface area contributed by atoms with Crippen LogP contribution in [0.25, 0.3) is 0 Å². The number of carbonyl (C=O) groups is 2. The monoisotopic (exact) mass is 201 g/mol. The lowest BCUT2D eigenvalue weighted by atomic mass is 9.98. The van der Waals surface area contributed by atoms with Crippen LogP contribution in [0.15, 0.2) is 0 Å². The smallest absolute Gasteiger partial charge is 0.326 e. The summed E-state index contributed by atoms with van der Waals surface area (Å²) in [4.78, 5) is 22.1. The number of nitrogens with one attached hydrogen (secondary N) is 1. The number of aliphatic carboxylic acids is 1. The number of amides is 1. The fourth-order valence-electron chi connectivity index (χ4n) is 1.00. The summed E-state index contributed by atoms with van der Waals surface area (Å²) in [6.45, 7) is 7.21. The molecule has 0 fully saturated rings. The number of carboxylic acid groups (broad SMARTS) is 1. The van der Waals surface area contributed by atoms with Crippen LogP contribution in [0.4, 0.5) is 0 Å². The number of carbonyl (C=O) groups excluding carboxylic acids is 1. The van der Waals surface area contributed by atoms with Gasteiger partial charge in [0, 0.05) is 5.92 Å². The van der Waals surface area contributed by atoms with Gasteiger partial charge in [0.05, 0.1) is 0 Å². The van der Waals surface area contributed by atoms with Crippen molar-refractivity contribution in [3.8, 4) is 0 Å². The highest BCUT2D eigenvalue weighted by atomic mass is 16.4. The molecule has 0 unspecified atom stereocenters. The highest BCUT2D eigenvalue weighted by Crippen LogP contribution is 2.08. The molecule has 82 valence electrons. The van der Waals surface area contributed by atoms with Crippen molar-refractivity contribution in [2.75, 3.05) is 0 Å². The van der Waals surface area contributed by atoms with Gasteiger partial charge >= 0.3 is 5.97 Å². The predicted octanol–water partition coefficient (Wildman–Crippen LogP) is 1.26. The van der Waals surface area contributed by atoms with Gasteiger partial charge in [-0.1, -0.05) is 34.1 Å². The van der Waals surface area contributed by atoms with Gasteiger partial charge in [0.25, 0.3) is 0 Å². The summed E-state index contributed by atoms with van der Waals surface area (Å²) in [5, 5.41) is 11.4. The van der Waals surface area contributed by atoms with Gasteiger partial charge in [0.15, 0.2) is 0 Å². The van der Waals surface area contributed by atoms with E-state index in [9.17, 15) is 9.59 Å². The van der Waals surface area contributed by atoms with Crippen molar-refractivity contribution in [1.29, 1.82) is 0 Å². The zero-order valence-corrected chi connectivity index (χ0v) is 9.20. The van der Waals surface area contributed by atoms with Gasteiger partial charge < -0.3 is 10.4 Å². The number of hydrogen-bond donors (Lipinski definition) is 2. The van der Waals surface area contributed by atoms with Crippen molar-refractivity contribution in [2.24, 2.45) is 11.8 Å². The van der Waals surface area contributed by atoms with E-state index in [1.165, 1.54) is 0 Å². The summed E-state index contributed by atoms with van der Waals surface area (Å²) in [6, 6.07) is -0.769. The van der Waals surface area contributed by atoms with E-state index in [-0.39, 0.29) is 17.7 Å². The molecule has 0 aromatic carbocycles. The van der Waals surface area contributed by atoms with Gasteiger partial charge in [0.2, 0.25) is 5.91 Å². The number of hydrogen-bond acceptors (Lipinski definition) is 2. The molecule has 0 aliphatic heterocycles. The maximum Gasteiger partial charge on any atom is 0.326 e.